The molecule has 0 bridgehead atoms. The van der Waals surface area contributed by atoms with Crippen molar-refractivity contribution in [1.82, 2.24) is 15.3 Å². The van der Waals surface area contributed by atoms with Crippen LogP contribution in [0.15, 0.2) is 42.6 Å². The highest BCUT2D eigenvalue weighted by Gasteiger charge is 2.26. The Morgan fingerprint density at radius 2 is 2.00 bits per heavy atom. The Morgan fingerprint density at radius 1 is 1.22 bits per heavy atom. The minimum absolute atomic E-state index is 0.0824. The Hall–Kier alpha value is -2.18. The molecule has 0 aliphatic carbocycles. The fraction of sp³-hybridized carbons (Fsp3) is 0.350. The van der Waals surface area contributed by atoms with Gasteiger partial charge in [0, 0.05) is 36.8 Å². The topological polar surface area (TPSA) is 58.1 Å². The molecule has 2 aromatic heterocycles. The fourth-order valence-corrected chi connectivity index (χ4v) is 4.44. The van der Waals surface area contributed by atoms with Crippen LogP contribution in [0, 0.1) is 5.92 Å². The number of hydrogen-bond donors (Lipinski definition) is 1. The Balaban J connectivity index is 1.25. The van der Waals surface area contributed by atoms with E-state index in [1.54, 1.807) is 17.5 Å². The van der Waals surface area contributed by atoms with Crippen LogP contribution in [0.5, 0.6) is 0 Å². The van der Waals surface area contributed by atoms with Crippen molar-refractivity contribution in [2.24, 2.45) is 5.92 Å². The number of nitrogens with one attached hydrogen (secondary N) is 1. The molecular weight excluding hydrogens is 380 g/mol. The molecule has 0 atom stereocenters. The van der Waals surface area contributed by atoms with Crippen LogP contribution in [0.1, 0.15) is 18.4 Å². The van der Waals surface area contributed by atoms with Crippen LogP contribution in [0.25, 0.3) is 10.3 Å². The number of pyridine rings is 1. The van der Waals surface area contributed by atoms with Crippen LogP contribution in [-0.2, 0) is 11.2 Å². The van der Waals surface area contributed by atoms with Gasteiger partial charge in [-0.25, -0.2) is 9.97 Å². The monoisotopic (exact) mass is 400 g/mol. The third-order valence-electron chi connectivity index (χ3n) is 4.92. The summed E-state index contributed by atoms with van der Waals surface area (Å²) in [7, 11) is 0. The van der Waals surface area contributed by atoms with Crippen molar-refractivity contribution in [2.45, 2.75) is 19.3 Å². The number of nitrogens with zero attached hydrogens (tertiary/aromatic N) is 3. The lowest BCUT2D eigenvalue weighted by atomic mass is 9.96. The largest absolute Gasteiger partial charge is 0.356 e. The highest BCUT2D eigenvalue weighted by Crippen LogP contribution is 2.30. The van der Waals surface area contributed by atoms with Crippen LogP contribution >= 0.6 is 22.9 Å². The maximum absolute atomic E-state index is 12.5. The zero-order valence-corrected chi connectivity index (χ0v) is 16.5. The van der Waals surface area contributed by atoms with Gasteiger partial charge >= 0.3 is 0 Å². The summed E-state index contributed by atoms with van der Waals surface area (Å²) in [6, 6.07) is 11.7. The summed E-state index contributed by atoms with van der Waals surface area (Å²) < 4.78 is 0. The van der Waals surface area contributed by atoms with E-state index < -0.39 is 0 Å². The molecule has 7 heteroatoms. The van der Waals surface area contributed by atoms with E-state index in [-0.39, 0.29) is 11.8 Å². The number of thiazole rings is 1. The molecule has 5 nitrogen and oxygen atoms in total. The van der Waals surface area contributed by atoms with E-state index in [1.165, 1.54) is 5.56 Å². The van der Waals surface area contributed by atoms with Gasteiger partial charge in [0.2, 0.25) is 5.91 Å². The third kappa shape index (κ3) is 4.39. The molecular formula is C20H21ClN4OS. The summed E-state index contributed by atoms with van der Waals surface area (Å²) >= 11 is 7.52. The summed E-state index contributed by atoms with van der Waals surface area (Å²) in [5, 5.41) is 4.82. The number of hydrogen-bond acceptors (Lipinski definition) is 5. The first-order valence-corrected chi connectivity index (χ1v) is 10.4. The number of carbonyl (C=O) groups is 1. The normalized spacial score (nSPS) is 15.2. The molecule has 0 unspecified atom stereocenters. The zero-order valence-electron chi connectivity index (χ0n) is 14.9. The van der Waals surface area contributed by atoms with Gasteiger partial charge in [-0.3, -0.25) is 4.79 Å². The van der Waals surface area contributed by atoms with E-state index in [0.717, 1.165) is 52.9 Å². The molecule has 1 aliphatic rings. The second-order valence-electron chi connectivity index (χ2n) is 6.75. The lowest BCUT2D eigenvalue weighted by Crippen LogP contribution is -2.41. The van der Waals surface area contributed by atoms with Crippen LogP contribution in [0.4, 0.5) is 5.13 Å². The summed E-state index contributed by atoms with van der Waals surface area (Å²) in [5.74, 6) is 0.244. The molecule has 140 valence electrons. The average molecular weight is 401 g/mol. The van der Waals surface area contributed by atoms with E-state index >= 15 is 0 Å². The van der Waals surface area contributed by atoms with Crippen molar-refractivity contribution in [3.63, 3.8) is 0 Å². The van der Waals surface area contributed by atoms with E-state index in [9.17, 15) is 4.79 Å². The molecule has 0 spiro atoms. The molecule has 27 heavy (non-hydrogen) atoms. The number of aromatic nitrogens is 2. The van der Waals surface area contributed by atoms with Crippen molar-refractivity contribution < 1.29 is 4.79 Å². The number of benzene rings is 1. The number of carbonyl (C=O) groups excluding carboxylic acids is 1. The van der Waals surface area contributed by atoms with E-state index in [2.05, 4.69) is 20.2 Å². The number of anilines is 1. The quantitative estimate of drug-likeness (QED) is 0.705. The lowest BCUT2D eigenvalue weighted by Gasteiger charge is -2.31. The summed E-state index contributed by atoms with van der Waals surface area (Å²) in [6.07, 6.45) is 4.33. The molecule has 1 fully saturated rings. The Bertz CT molecular complexity index is 886. The van der Waals surface area contributed by atoms with Gasteiger partial charge in [0.15, 0.2) is 5.13 Å². The molecule has 1 N–H and O–H groups in total. The van der Waals surface area contributed by atoms with Gasteiger partial charge in [0.05, 0.1) is 0 Å². The number of piperidine rings is 1. The van der Waals surface area contributed by atoms with Crippen molar-refractivity contribution in [2.75, 3.05) is 24.5 Å². The Labute approximate surface area is 167 Å². The van der Waals surface area contributed by atoms with Crippen LogP contribution in [0.2, 0.25) is 5.02 Å². The van der Waals surface area contributed by atoms with Gasteiger partial charge in [-0.1, -0.05) is 35.1 Å². The standard InChI is InChI=1S/C20H21ClN4OS/c21-16-5-3-14(4-6-16)7-11-22-18(26)15-8-12-25(13-9-15)20-24-17-2-1-10-23-19(17)27-20/h1-6,10,15H,7-9,11-13H2,(H,22,26). The molecule has 0 radical (unpaired) electrons. The van der Waals surface area contributed by atoms with Gasteiger partial charge < -0.3 is 10.2 Å². The summed E-state index contributed by atoms with van der Waals surface area (Å²) in [6.45, 7) is 2.37. The molecule has 4 rings (SSSR count). The lowest BCUT2D eigenvalue weighted by molar-refractivity contribution is -0.125. The van der Waals surface area contributed by atoms with Gasteiger partial charge in [-0.2, -0.15) is 0 Å². The number of fused-ring (bicyclic) bond motifs is 1. The second-order valence-corrected chi connectivity index (χ2v) is 8.15. The van der Waals surface area contributed by atoms with E-state index in [1.807, 2.05) is 36.4 Å². The van der Waals surface area contributed by atoms with Gasteiger partial charge in [0.1, 0.15) is 10.3 Å². The molecule has 3 heterocycles. The molecule has 1 amide bonds. The van der Waals surface area contributed by atoms with Crippen LogP contribution < -0.4 is 10.2 Å². The van der Waals surface area contributed by atoms with Crippen molar-refractivity contribution >= 4 is 44.3 Å². The van der Waals surface area contributed by atoms with Gasteiger partial charge in [0.25, 0.3) is 0 Å². The van der Waals surface area contributed by atoms with Crippen molar-refractivity contribution in [3.8, 4) is 0 Å². The zero-order chi connectivity index (χ0) is 18.6. The highest BCUT2D eigenvalue weighted by molar-refractivity contribution is 7.21. The van der Waals surface area contributed by atoms with Crippen molar-refractivity contribution in [3.05, 3.63) is 53.2 Å². The number of halogens is 1. The predicted molar refractivity (Wildman–Crippen MR) is 111 cm³/mol. The van der Waals surface area contributed by atoms with E-state index in [0.29, 0.717) is 6.54 Å². The maximum atomic E-state index is 12.5. The van der Waals surface area contributed by atoms with E-state index in [4.69, 9.17) is 11.6 Å². The first-order chi connectivity index (χ1) is 13.2. The third-order valence-corrected chi connectivity index (χ3v) is 6.21. The minimum atomic E-state index is 0.0824. The smallest absolute Gasteiger partial charge is 0.223 e. The molecule has 3 aromatic rings. The van der Waals surface area contributed by atoms with Crippen LogP contribution in [-0.4, -0.2) is 35.5 Å². The van der Waals surface area contributed by atoms with Crippen molar-refractivity contribution in [1.29, 1.82) is 0 Å². The average Bonchev–Trinajstić information content (AvgIpc) is 3.14. The molecule has 0 saturated carbocycles. The van der Waals surface area contributed by atoms with Gasteiger partial charge in [-0.15, -0.1) is 0 Å². The first kappa shape index (κ1) is 18.2. The number of amides is 1. The highest BCUT2D eigenvalue weighted by atomic mass is 35.5. The first-order valence-electron chi connectivity index (χ1n) is 9.18. The predicted octanol–water partition coefficient (Wildman–Crippen LogP) is 3.92. The second kappa shape index (κ2) is 8.23. The van der Waals surface area contributed by atoms with Gasteiger partial charge in [-0.05, 0) is 49.1 Å². The molecule has 1 saturated heterocycles. The Kier molecular flexibility index (Phi) is 5.55. The molecule has 1 aromatic carbocycles. The summed E-state index contributed by atoms with van der Waals surface area (Å²) in [5.41, 5.74) is 2.12. The number of rotatable bonds is 5. The van der Waals surface area contributed by atoms with Crippen LogP contribution in [0.3, 0.4) is 0 Å². The molecule has 1 aliphatic heterocycles. The maximum Gasteiger partial charge on any atom is 0.223 e. The Morgan fingerprint density at radius 3 is 2.74 bits per heavy atom. The minimum Gasteiger partial charge on any atom is -0.356 e. The SMILES string of the molecule is O=C(NCCc1ccc(Cl)cc1)C1CCN(c2nc3cccnc3s2)CC1. The summed E-state index contributed by atoms with van der Waals surface area (Å²) in [4.78, 5) is 24.7. The fourth-order valence-electron chi connectivity index (χ4n) is 3.35.